The number of ether oxygens (including phenoxy) is 3. The number of esters is 1. The molecule has 0 radical (unpaired) electrons. The van der Waals surface area contributed by atoms with Crippen LogP contribution in [0.1, 0.15) is 18.1 Å². The lowest BCUT2D eigenvalue weighted by molar-refractivity contribution is -0.140. The largest absolute Gasteiger partial charge is 0.497 e. The van der Waals surface area contributed by atoms with Crippen molar-refractivity contribution in [3.63, 3.8) is 0 Å². The maximum absolute atomic E-state index is 13.4. The Morgan fingerprint density at radius 2 is 1.77 bits per heavy atom. The SMILES string of the molecule is CCc1ccc(N2C(=O)/C(=C/c3ccc(OC)cc3OC)N(CC(=O)OC)C2=S)cc1. The van der Waals surface area contributed by atoms with E-state index in [1.165, 1.54) is 24.0 Å². The highest BCUT2D eigenvalue weighted by Crippen LogP contribution is 2.32. The second-order valence-corrected chi connectivity index (χ2v) is 7.11. The Balaban J connectivity index is 2.07. The number of hydrogen-bond donors (Lipinski definition) is 0. The van der Waals surface area contributed by atoms with Crippen molar-refractivity contribution in [2.75, 3.05) is 32.8 Å². The molecule has 0 N–H and O–H groups in total. The molecule has 0 unspecified atom stereocenters. The van der Waals surface area contributed by atoms with Crippen LogP contribution in [0.25, 0.3) is 6.08 Å². The first-order chi connectivity index (χ1) is 14.9. The summed E-state index contributed by atoms with van der Waals surface area (Å²) in [6.07, 6.45) is 2.53. The normalized spacial score (nSPS) is 14.9. The number of thiocarbonyl (C=S) groups is 1. The maximum Gasteiger partial charge on any atom is 0.325 e. The van der Waals surface area contributed by atoms with E-state index in [9.17, 15) is 9.59 Å². The number of carbonyl (C=O) groups is 2. The summed E-state index contributed by atoms with van der Waals surface area (Å²) in [6.45, 7) is 1.87. The Hall–Kier alpha value is -3.39. The third-order valence-electron chi connectivity index (χ3n) is 4.99. The minimum atomic E-state index is -0.508. The third kappa shape index (κ3) is 4.54. The fourth-order valence-electron chi connectivity index (χ4n) is 3.22. The van der Waals surface area contributed by atoms with E-state index in [2.05, 4.69) is 6.92 Å². The number of rotatable bonds is 7. The number of benzene rings is 2. The molecule has 3 rings (SSSR count). The Labute approximate surface area is 186 Å². The molecule has 8 heteroatoms. The Morgan fingerprint density at radius 3 is 2.35 bits per heavy atom. The quantitative estimate of drug-likeness (QED) is 0.371. The Morgan fingerprint density at radius 1 is 1.06 bits per heavy atom. The van der Waals surface area contributed by atoms with Crippen LogP contribution in [0.3, 0.4) is 0 Å². The molecule has 0 aliphatic carbocycles. The zero-order valence-electron chi connectivity index (χ0n) is 17.9. The summed E-state index contributed by atoms with van der Waals surface area (Å²) in [5, 5.41) is 0.207. The van der Waals surface area contributed by atoms with Gasteiger partial charge >= 0.3 is 5.97 Å². The van der Waals surface area contributed by atoms with E-state index < -0.39 is 5.97 Å². The Kier molecular flexibility index (Phi) is 6.91. The molecule has 0 saturated carbocycles. The van der Waals surface area contributed by atoms with Gasteiger partial charge in [0.1, 0.15) is 23.7 Å². The molecule has 0 aromatic heterocycles. The van der Waals surface area contributed by atoms with Gasteiger partial charge in [-0.25, -0.2) is 0 Å². The minimum Gasteiger partial charge on any atom is -0.497 e. The van der Waals surface area contributed by atoms with Crippen LogP contribution in [0, 0.1) is 0 Å². The summed E-state index contributed by atoms with van der Waals surface area (Å²) >= 11 is 5.57. The van der Waals surface area contributed by atoms with E-state index in [1.807, 2.05) is 24.3 Å². The van der Waals surface area contributed by atoms with Crippen LogP contribution >= 0.6 is 12.2 Å². The van der Waals surface area contributed by atoms with Gasteiger partial charge in [-0.05, 0) is 54.5 Å². The fourth-order valence-corrected chi connectivity index (χ4v) is 3.57. The second-order valence-electron chi connectivity index (χ2n) is 6.74. The lowest BCUT2D eigenvalue weighted by atomic mass is 10.1. The summed E-state index contributed by atoms with van der Waals surface area (Å²) in [6, 6.07) is 12.8. The van der Waals surface area contributed by atoms with E-state index in [4.69, 9.17) is 26.4 Å². The van der Waals surface area contributed by atoms with Gasteiger partial charge in [0.05, 0.1) is 27.0 Å². The van der Waals surface area contributed by atoms with Crippen LogP contribution < -0.4 is 14.4 Å². The van der Waals surface area contributed by atoms with Crippen LogP contribution in [0.5, 0.6) is 11.5 Å². The molecular weight excluding hydrogens is 416 g/mol. The van der Waals surface area contributed by atoms with Crippen molar-refractivity contribution < 1.29 is 23.8 Å². The average molecular weight is 441 g/mol. The number of nitrogens with zero attached hydrogens (tertiary/aromatic N) is 2. The number of anilines is 1. The number of carbonyl (C=O) groups excluding carboxylic acids is 2. The molecule has 0 bridgehead atoms. The van der Waals surface area contributed by atoms with Gasteiger partial charge in [0.15, 0.2) is 5.11 Å². The molecule has 162 valence electrons. The summed E-state index contributed by atoms with van der Waals surface area (Å²) in [7, 11) is 4.39. The smallest absolute Gasteiger partial charge is 0.325 e. The van der Waals surface area contributed by atoms with Crippen LogP contribution in [0.15, 0.2) is 48.2 Å². The topological polar surface area (TPSA) is 68.3 Å². The third-order valence-corrected chi connectivity index (χ3v) is 5.39. The molecule has 1 fully saturated rings. The minimum absolute atomic E-state index is 0.186. The molecule has 1 aliphatic heterocycles. The van der Waals surface area contributed by atoms with Gasteiger partial charge in [0, 0.05) is 11.6 Å². The van der Waals surface area contributed by atoms with E-state index >= 15 is 0 Å². The van der Waals surface area contributed by atoms with Crippen molar-refractivity contribution in [1.82, 2.24) is 4.90 Å². The summed E-state index contributed by atoms with van der Waals surface area (Å²) in [5.41, 5.74) is 2.67. The van der Waals surface area contributed by atoms with E-state index in [0.717, 1.165) is 12.0 Å². The van der Waals surface area contributed by atoms with Gasteiger partial charge in [-0.15, -0.1) is 0 Å². The van der Waals surface area contributed by atoms with Gasteiger partial charge < -0.3 is 19.1 Å². The molecule has 1 saturated heterocycles. The Bertz CT molecular complexity index is 1030. The highest BCUT2D eigenvalue weighted by molar-refractivity contribution is 7.80. The van der Waals surface area contributed by atoms with Gasteiger partial charge in [0.25, 0.3) is 5.91 Å². The average Bonchev–Trinajstić information content (AvgIpc) is 3.03. The molecule has 2 aromatic rings. The van der Waals surface area contributed by atoms with Crippen molar-refractivity contribution in [3.05, 3.63) is 59.3 Å². The monoisotopic (exact) mass is 440 g/mol. The highest BCUT2D eigenvalue weighted by atomic mass is 32.1. The lowest BCUT2D eigenvalue weighted by Gasteiger charge is -2.19. The van der Waals surface area contributed by atoms with Gasteiger partial charge in [-0.2, -0.15) is 0 Å². The van der Waals surface area contributed by atoms with E-state index in [-0.39, 0.29) is 23.3 Å². The number of methoxy groups -OCH3 is 3. The van der Waals surface area contributed by atoms with E-state index in [0.29, 0.717) is 22.7 Å². The fraction of sp³-hybridized carbons (Fsp3) is 0.261. The number of aryl methyl sites for hydroxylation is 1. The lowest BCUT2D eigenvalue weighted by Crippen LogP contribution is -2.35. The standard InChI is InChI=1S/C23H24N2O5S/c1-5-15-6-9-17(10-7-15)25-22(27)19(24(23(25)31)14-21(26)30-4)12-16-8-11-18(28-2)13-20(16)29-3/h6-13H,5,14H2,1-4H3/b19-12-. The number of amides is 1. The van der Waals surface area contributed by atoms with Gasteiger partial charge in [-0.3, -0.25) is 14.5 Å². The van der Waals surface area contributed by atoms with Gasteiger partial charge in [0.2, 0.25) is 0 Å². The summed E-state index contributed by atoms with van der Waals surface area (Å²) < 4.78 is 15.5. The van der Waals surface area contributed by atoms with E-state index in [1.54, 1.807) is 31.4 Å². The molecular formula is C23H24N2O5S. The first kappa shape index (κ1) is 22.3. The summed E-state index contributed by atoms with van der Waals surface area (Å²) in [4.78, 5) is 28.3. The zero-order chi connectivity index (χ0) is 22.5. The highest BCUT2D eigenvalue weighted by Gasteiger charge is 2.40. The zero-order valence-corrected chi connectivity index (χ0v) is 18.7. The van der Waals surface area contributed by atoms with Crippen molar-refractivity contribution >= 4 is 41.0 Å². The first-order valence-corrected chi connectivity index (χ1v) is 10.1. The van der Waals surface area contributed by atoms with Crippen molar-refractivity contribution in [2.45, 2.75) is 13.3 Å². The predicted octanol–water partition coefficient (Wildman–Crippen LogP) is 3.41. The van der Waals surface area contributed by atoms with Crippen molar-refractivity contribution in [1.29, 1.82) is 0 Å². The van der Waals surface area contributed by atoms with Crippen LogP contribution in [-0.4, -0.2) is 49.8 Å². The van der Waals surface area contributed by atoms with Crippen LogP contribution in [0.4, 0.5) is 5.69 Å². The van der Waals surface area contributed by atoms with Crippen LogP contribution in [0.2, 0.25) is 0 Å². The van der Waals surface area contributed by atoms with Crippen molar-refractivity contribution in [3.8, 4) is 11.5 Å². The molecule has 1 amide bonds. The second kappa shape index (κ2) is 9.61. The molecule has 0 atom stereocenters. The van der Waals surface area contributed by atoms with Crippen molar-refractivity contribution in [2.24, 2.45) is 0 Å². The van der Waals surface area contributed by atoms with Gasteiger partial charge in [-0.1, -0.05) is 19.1 Å². The maximum atomic E-state index is 13.4. The summed E-state index contributed by atoms with van der Waals surface area (Å²) in [5.74, 6) is 0.299. The van der Waals surface area contributed by atoms with Crippen LogP contribution in [-0.2, 0) is 20.7 Å². The first-order valence-electron chi connectivity index (χ1n) is 9.68. The predicted molar refractivity (Wildman–Crippen MR) is 122 cm³/mol. The molecule has 31 heavy (non-hydrogen) atoms. The molecule has 1 aliphatic rings. The molecule has 0 spiro atoms. The molecule has 1 heterocycles. The molecule has 7 nitrogen and oxygen atoms in total. The number of hydrogen-bond acceptors (Lipinski definition) is 6. The molecule has 2 aromatic carbocycles.